The van der Waals surface area contributed by atoms with E-state index in [1.807, 2.05) is 0 Å². The van der Waals surface area contributed by atoms with Crippen molar-refractivity contribution in [2.24, 2.45) is 0 Å². The molecule has 0 saturated carbocycles. The van der Waals surface area contributed by atoms with Gasteiger partial charge in [-0.3, -0.25) is 14.4 Å². The summed E-state index contributed by atoms with van der Waals surface area (Å²) in [4.78, 5) is 38.2. The maximum Gasteiger partial charge on any atom is 0.306 e. The molecule has 0 heterocycles. The Labute approximate surface area is 436 Å². The van der Waals surface area contributed by atoms with Crippen molar-refractivity contribution in [3.05, 3.63) is 146 Å². The summed E-state index contributed by atoms with van der Waals surface area (Å²) in [5, 5.41) is 0. The van der Waals surface area contributed by atoms with Crippen LogP contribution in [0.1, 0.15) is 226 Å². The van der Waals surface area contributed by atoms with E-state index >= 15 is 0 Å². The lowest BCUT2D eigenvalue weighted by Crippen LogP contribution is -2.30. The molecule has 0 radical (unpaired) electrons. The molecule has 0 N–H and O–H groups in total. The van der Waals surface area contributed by atoms with Crippen LogP contribution in [0.4, 0.5) is 0 Å². The zero-order valence-electron chi connectivity index (χ0n) is 45.4. The summed E-state index contributed by atoms with van der Waals surface area (Å²) in [5.41, 5.74) is 0. The predicted octanol–water partition coefficient (Wildman–Crippen LogP) is 19.2. The molecule has 0 rings (SSSR count). The highest BCUT2D eigenvalue weighted by Crippen LogP contribution is 2.12. The number of hydrogen-bond donors (Lipinski definition) is 0. The van der Waals surface area contributed by atoms with Gasteiger partial charge >= 0.3 is 17.9 Å². The quantitative estimate of drug-likeness (QED) is 0.0262. The molecule has 71 heavy (non-hydrogen) atoms. The first-order valence-electron chi connectivity index (χ1n) is 28.3. The van der Waals surface area contributed by atoms with Gasteiger partial charge in [0.05, 0.1) is 0 Å². The number of carbonyl (C=O) groups excluding carboxylic acids is 3. The first-order valence-corrected chi connectivity index (χ1v) is 28.3. The van der Waals surface area contributed by atoms with E-state index in [9.17, 15) is 14.4 Å². The van der Waals surface area contributed by atoms with E-state index in [1.165, 1.54) is 25.7 Å². The van der Waals surface area contributed by atoms with Crippen molar-refractivity contribution in [3.8, 4) is 0 Å². The molecule has 0 fully saturated rings. The summed E-state index contributed by atoms with van der Waals surface area (Å²) in [5.74, 6) is -1.00. The average Bonchev–Trinajstić information content (AvgIpc) is 3.37. The molecule has 398 valence electrons. The van der Waals surface area contributed by atoms with Crippen molar-refractivity contribution in [2.45, 2.75) is 232 Å². The molecule has 0 unspecified atom stereocenters. The number of unbranched alkanes of at least 4 members (excludes halogenated alkanes) is 14. The summed E-state index contributed by atoms with van der Waals surface area (Å²) in [6.07, 6.45) is 82.6. The van der Waals surface area contributed by atoms with E-state index < -0.39 is 6.10 Å². The predicted molar refractivity (Wildman–Crippen MR) is 306 cm³/mol. The molecule has 0 bridgehead atoms. The van der Waals surface area contributed by atoms with Gasteiger partial charge in [-0.15, -0.1) is 0 Å². The summed E-state index contributed by atoms with van der Waals surface area (Å²) in [6.45, 7) is 6.30. The Hall–Kier alpha value is -4.71. The number of hydrogen-bond acceptors (Lipinski definition) is 6. The van der Waals surface area contributed by atoms with E-state index in [2.05, 4.69) is 167 Å². The number of rotatable bonds is 49. The highest BCUT2D eigenvalue weighted by atomic mass is 16.6. The van der Waals surface area contributed by atoms with Gasteiger partial charge in [-0.05, 0) is 141 Å². The Balaban J connectivity index is 4.57. The summed E-state index contributed by atoms with van der Waals surface area (Å²) >= 11 is 0. The molecule has 0 aliphatic heterocycles. The first-order chi connectivity index (χ1) is 35.0. The Kier molecular flexibility index (Phi) is 54.0. The lowest BCUT2D eigenvalue weighted by molar-refractivity contribution is -0.167. The number of carbonyl (C=O) groups is 3. The van der Waals surface area contributed by atoms with Gasteiger partial charge in [0.15, 0.2) is 6.10 Å². The minimum Gasteiger partial charge on any atom is -0.462 e. The van der Waals surface area contributed by atoms with Crippen LogP contribution in [0.2, 0.25) is 0 Å². The third-order valence-corrected chi connectivity index (χ3v) is 11.3. The van der Waals surface area contributed by atoms with Crippen molar-refractivity contribution in [3.63, 3.8) is 0 Å². The van der Waals surface area contributed by atoms with E-state index in [4.69, 9.17) is 14.2 Å². The van der Waals surface area contributed by atoms with Gasteiger partial charge in [0.25, 0.3) is 0 Å². The van der Waals surface area contributed by atoms with Crippen LogP contribution in [0.5, 0.6) is 0 Å². The lowest BCUT2D eigenvalue weighted by atomic mass is 10.1. The Morgan fingerprint density at radius 1 is 0.296 bits per heavy atom. The second-order valence-corrected chi connectivity index (χ2v) is 18.1. The van der Waals surface area contributed by atoms with Crippen molar-refractivity contribution < 1.29 is 28.6 Å². The van der Waals surface area contributed by atoms with Crippen LogP contribution in [0.25, 0.3) is 0 Å². The largest absolute Gasteiger partial charge is 0.462 e. The monoisotopic (exact) mass is 979 g/mol. The van der Waals surface area contributed by atoms with E-state index in [-0.39, 0.29) is 37.5 Å². The topological polar surface area (TPSA) is 78.9 Å². The maximum absolute atomic E-state index is 12.9. The van der Waals surface area contributed by atoms with Crippen molar-refractivity contribution in [2.75, 3.05) is 13.2 Å². The molecular formula is C65H102O6. The van der Waals surface area contributed by atoms with Crippen molar-refractivity contribution >= 4 is 17.9 Å². The van der Waals surface area contributed by atoms with Crippen LogP contribution in [0.15, 0.2) is 146 Å². The molecule has 0 aromatic carbocycles. The minimum absolute atomic E-state index is 0.117. The Morgan fingerprint density at radius 2 is 0.549 bits per heavy atom. The normalized spacial score (nSPS) is 13.2. The van der Waals surface area contributed by atoms with Gasteiger partial charge in [-0.1, -0.05) is 212 Å². The van der Waals surface area contributed by atoms with Crippen molar-refractivity contribution in [1.29, 1.82) is 0 Å². The smallest absolute Gasteiger partial charge is 0.306 e. The fraction of sp³-hybridized carbons (Fsp3) is 0.585. The van der Waals surface area contributed by atoms with Gasteiger partial charge < -0.3 is 14.2 Å². The number of allylic oxidation sites excluding steroid dienone is 24. The standard InChI is InChI=1S/C65H102O6/c1-4-7-10-13-16-19-22-25-28-30-32-34-37-40-43-46-49-52-55-58-64(67)70-61-62(60-69-63(66)57-54-51-48-45-42-39-36-27-24-21-18-15-12-9-6-3)71-65(68)59-56-53-50-47-44-41-38-35-33-31-29-26-23-20-17-14-11-8-5-2/h7,9-10,12,16-21,25-29,32-36,40-41,43-44,62H,4-6,8,11,13-15,22-24,30-31,37-39,42,45-61H2,1-3H3/b10-7-,12-9-,19-16-,20-17-,21-18-,28-25-,29-26-,34-32-,35-33-,36-27-,43-40-,44-41-/t62-/m1/s1. The van der Waals surface area contributed by atoms with Crippen LogP contribution in [0, 0.1) is 0 Å². The van der Waals surface area contributed by atoms with Crippen molar-refractivity contribution in [1.82, 2.24) is 0 Å². The maximum atomic E-state index is 12.9. The second-order valence-electron chi connectivity index (χ2n) is 18.1. The van der Waals surface area contributed by atoms with Gasteiger partial charge in [0, 0.05) is 19.3 Å². The van der Waals surface area contributed by atoms with Gasteiger partial charge in [0.1, 0.15) is 13.2 Å². The van der Waals surface area contributed by atoms with Crippen LogP contribution in [0.3, 0.4) is 0 Å². The van der Waals surface area contributed by atoms with Gasteiger partial charge in [-0.25, -0.2) is 0 Å². The van der Waals surface area contributed by atoms with Crippen LogP contribution >= 0.6 is 0 Å². The van der Waals surface area contributed by atoms with Gasteiger partial charge in [-0.2, -0.15) is 0 Å². The van der Waals surface area contributed by atoms with Crippen LogP contribution in [-0.2, 0) is 28.6 Å². The minimum atomic E-state index is -0.823. The highest BCUT2D eigenvalue weighted by molar-refractivity contribution is 5.71. The van der Waals surface area contributed by atoms with Crippen LogP contribution in [-0.4, -0.2) is 37.2 Å². The first kappa shape index (κ1) is 66.3. The van der Waals surface area contributed by atoms with Gasteiger partial charge in [0.2, 0.25) is 0 Å². The fourth-order valence-electron chi connectivity index (χ4n) is 7.11. The zero-order chi connectivity index (χ0) is 51.4. The molecule has 0 aliphatic carbocycles. The van der Waals surface area contributed by atoms with Crippen LogP contribution < -0.4 is 0 Å². The third-order valence-electron chi connectivity index (χ3n) is 11.3. The molecular weight excluding hydrogens is 877 g/mol. The molecule has 1 atom stereocenters. The SMILES string of the molecule is CC/C=C\C/C=C\C/C=C\C/C=C\C/C=C\CCCCCC(=O)OC[C@@H](COC(=O)CCCCCCC/C=C\C/C=C\C/C=C\CC)OC(=O)CCCCC/C=C\C/C=C\C/C=C\C/C=C\CCCCC. The van der Waals surface area contributed by atoms with E-state index in [1.54, 1.807) is 0 Å². The molecule has 0 aromatic heterocycles. The molecule has 6 heteroatoms. The summed E-state index contributed by atoms with van der Waals surface area (Å²) in [7, 11) is 0. The van der Waals surface area contributed by atoms with E-state index in [0.29, 0.717) is 19.3 Å². The van der Waals surface area contributed by atoms with E-state index in [0.717, 1.165) is 154 Å². The Morgan fingerprint density at radius 3 is 0.873 bits per heavy atom. The fourth-order valence-corrected chi connectivity index (χ4v) is 7.11. The summed E-state index contributed by atoms with van der Waals surface area (Å²) < 4.78 is 16.8. The molecule has 6 nitrogen and oxygen atoms in total. The third kappa shape index (κ3) is 56.1. The molecule has 0 spiro atoms. The molecule has 0 amide bonds. The lowest BCUT2D eigenvalue weighted by Gasteiger charge is -2.18. The zero-order valence-corrected chi connectivity index (χ0v) is 45.4. The Bertz CT molecular complexity index is 1590. The average molecular weight is 980 g/mol. The molecule has 0 saturated heterocycles. The molecule has 0 aromatic rings. The number of esters is 3. The summed E-state index contributed by atoms with van der Waals surface area (Å²) in [6, 6.07) is 0. The second kappa shape index (κ2) is 57.9. The number of ether oxygens (including phenoxy) is 3. The highest BCUT2D eigenvalue weighted by Gasteiger charge is 2.19. The molecule has 0 aliphatic rings.